The molecule has 31 heavy (non-hydrogen) atoms. The van der Waals surface area contributed by atoms with Gasteiger partial charge in [-0.1, -0.05) is 30.4 Å². The molecule has 9 heteroatoms. The van der Waals surface area contributed by atoms with Gasteiger partial charge in [-0.15, -0.1) is 0 Å². The Bertz CT molecular complexity index is 1390. The molecular weight excluding hydrogens is 420 g/mol. The molecule has 0 spiro atoms. The second-order valence-corrected chi connectivity index (χ2v) is 7.02. The first-order chi connectivity index (χ1) is 15.0. The average Bonchev–Trinajstić information content (AvgIpc) is 3.09. The van der Waals surface area contributed by atoms with Crippen molar-refractivity contribution in [2.45, 2.75) is 6.54 Å². The highest BCUT2D eigenvalue weighted by molar-refractivity contribution is 7.71. The van der Waals surface area contributed by atoms with Crippen molar-refractivity contribution in [3.8, 4) is 11.3 Å². The molecule has 0 aliphatic rings. The van der Waals surface area contributed by atoms with E-state index in [2.05, 4.69) is 20.1 Å². The zero-order valence-electron chi connectivity index (χ0n) is 16.0. The molecule has 6 nitrogen and oxygen atoms in total. The molecule has 4 aromatic rings. The monoisotopic (exact) mass is 435 g/mol. The molecule has 0 aliphatic carbocycles. The van der Waals surface area contributed by atoms with Crippen molar-refractivity contribution in [3.05, 3.63) is 88.1 Å². The van der Waals surface area contributed by atoms with Crippen molar-refractivity contribution < 1.29 is 13.6 Å². The lowest BCUT2D eigenvalue weighted by molar-refractivity contribution is 0.0952. The summed E-state index contributed by atoms with van der Waals surface area (Å²) in [5, 5.41) is 2.75. The summed E-state index contributed by atoms with van der Waals surface area (Å²) in [6.07, 6.45) is 1.39. The number of hydrogen-bond acceptors (Lipinski definition) is 3. The van der Waals surface area contributed by atoms with Gasteiger partial charge in [0.2, 0.25) is 5.69 Å². The van der Waals surface area contributed by atoms with E-state index in [0.29, 0.717) is 22.3 Å². The smallest absolute Gasteiger partial charge is 0.251 e. The zero-order chi connectivity index (χ0) is 22.0. The van der Waals surface area contributed by atoms with Crippen molar-refractivity contribution in [2.75, 3.05) is 6.54 Å². The number of amides is 1. The fourth-order valence-electron chi connectivity index (χ4n) is 3.42. The number of carbonyl (C=O) groups excluding carboxylic acids is 1. The number of hydrogen-bond donors (Lipinski definition) is 2. The van der Waals surface area contributed by atoms with E-state index in [-0.39, 0.29) is 34.9 Å². The fourth-order valence-corrected chi connectivity index (χ4v) is 3.69. The van der Waals surface area contributed by atoms with Crippen molar-refractivity contribution in [1.29, 1.82) is 0 Å². The van der Waals surface area contributed by atoms with Gasteiger partial charge < -0.3 is 14.9 Å². The molecule has 0 radical (unpaired) electrons. The molecule has 0 unspecified atom stereocenters. The van der Waals surface area contributed by atoms with Crippen molar-refractivity contribution in [1.82, 2.24) is 19.9 Å². The number of halogens is 2. The minimum atomic E-state index is -0.481. The molecule has 0 saturated carbocycles. The Kier molecular flexibility index (Phi) is 5.56. The molecule has 2 N–H and O–H groups in total. The second kappa shape index (κ2) is 8.45. The van der Waals surface area contributed by atoms with Crippen LogP contribution in [0.15, 0.2) is 54.9 Å². The molecule has 2 aromatic heterocycles. The number of rotatable bonds is 5. The summed E-state index contributed by atoms with van der Waals surface area (Å²) in [7, 11) is 0. The zero-order valence-corrected chi connectivity index (χ0v) is 16.8. The number of nitrogens with one attached hydrogen (secondary N) is 2. The van der Waals surface area contributed by atoms with Crippen LogP contribution in [0.4, 0.5) is 14.5 Å². The molecule has 2 heterocycles. The lowest BCUT2D eigenvalue weighted by Gasteiger charge is -2.13. The summed E-state index contributed by atoms with van der Waals surface area (Å²) in [6, 6.07) is 11.3. The average molecular weight is 435 g/mol. The molecule has 0 fully saturated rings. The second-order valence-electron chi connectivity index (χ2n) is 6.63. The summed E-state index contributed by atoms with van der Waals surface area (Å²) >= 11 is 5.36. The Balaban J connectivity index is 1.74. The molecule has 0 atom stereocenters. The number of carbonyl (C=O) groups is 1. The van der Waals surface area contributed by atoms with Crippen LogP contribution in [0.25, 0.3) is 27.1 Å². The number of benzene rings is 2. The molecule has 1 amide bonds. The summed E-state index contributed by atoms with van der Waals surface area (Å²) in [4.78, 5) is 23.0. The molecule has 0 aliphatic heterocycles. The SMILES string of the molecule is [C-]#[N+]c1c(-c2ccccc2F)n(CCNC(=O)c2ccc(F)cc2)c2c(=S)nc[nH]c12. The molecule has 0 bridgehead atoms. The Morgan fingerprint density at radius 3 is 2.65 bits per heavy atom. The predicted molar refractivity (Wildman–Crippen MR) is 115 cm³/mol. The van der Waals surface area contributed by atoms with E-state index in [1.54, 1.807) is 22.8 Å². The summed E-state index contributed by atoms with van der Waals surface area (Å²) < 4.78 is 29.7. The van der Waals surface area contributed by atoms with Crippen LogP contribution in [0.2, 0.25) is 0 Å². The first-order valence-corrected chi connectivity index (χ1v) is 9.68. The maximum absolute atomic E-state index is 14.6. The van der Waals surface area contributed by atoms with E-state index >= 15 is 0 Å². The fraction of sp³-hybridized carbons (Fsp3) is 0.0909. The Hall–Kier alpha value is -3.90. The van der Waals surface area contributed by atoms with Crippen LogP contribution in [-0.4, -0.2) is 27.0 Å². The van der Waals surface area contributed by atoms with Gasteiger partial charge in [-0.05, 0) is 30.3 Å². The Labute approximate surface area is 181 Å². The normalized spacial score (nSPS) is 10.7. The molecule has 4 rings (SSSR count). The van der Waals surface area contributed by atoms with E-state index in [0.717, 1.165) is 0 Å². The summed E-state index contributed by atoms with van der Waals surface area (Å²) in [6.45, 7) is 8.04. The van der Waals surface area contributed by atoms with Gasteiger partial charge in [0.25, 0.3) is 5.91 Å². The third-order valence-corrected chi connectivity index (χ3v) is 5.10. The highest BCUT2D eigenvalue weighted by atomic mass is 32.1. The van der Waals surface area contributed by atoms with Gasteiger partial charge in [0.05, 0.1) is 29.6 Å². The number of H-pyrrole nitrogens is 1. The van der Waals surface area contributed by atoms with Gasteiger partial charge in [0, 0.05) is 24.2 Å². The Morgan fingerprint density at radius 1 is 1.19 bits per heavy atom. The third-order valence-electron chi connectivity index (χ3n) is 4.80. The molecular formula is C22H15F2N5OS. The van der Waals surface area contributed by atoms with Crippen LogP contribution < -0.4 is 5.32 Å². The molecule has 2 aromatic carbocycles. The number of fused-ring (bicyclic) bond motifs is 1. The van der Waals surface area contributed by atoms with Gasteiger partial charge in [-0.3, -0.25) is 4.79 Å². The molecule has 0 saturated heterocycles. The number of aromatic nitrogens is 3. The first-order valence-electron chi connectivity index (χ1n) is 9.27. The lowest BCUT2D eigenvalue weighted by Crippen LogP contribution is -2.27. The van der Waals surface area contributed by atoms with E-state index in [1.165, 1.54) is 36.7 Å². The van der Waals surface area contributed by atoms with Gasteiger partial charge in [-0.25, -0.2) is 18.6 Å². The minimum Gasteiger partial charge on any atom is -0.354 e. The van der Waals surface area contributed by atoms with Crippen molar-refractivity contribution in [2.24, 2.45) is 0 Å². The van der Waals surface area contributed by atoms with Crippen molar-refractivity contribution in [3.63, 3.8) is 0 Å². The van der Waals surface area contributed by atoms with Crippen LogP contribution in [-0.2, 0) is 6.54 Å². The van der Waals surface area contributed by atoms with Gasteiger partial charge in [-0.2, -0.15) is 0 Å². The molecule has 154 valence electrons. The number of aromatic amines is 1. The lowest BCUT2D eigenvalue weighted by atomic mass is 10.1. The van der Waals surface area contributed by atoms with Gasteiger partial charge in [0.15, 0.2) is 4.64 Å². The van der Waals surface area contributed by atoms with Crippen LogP contribution in [0.1, 0.15) is 10.4 Å². The summed E-state index contributed by atoms with van der Waals surface area (Å²) in [5.41, 5.74) is 2.08. The maximum atomic E-state index is 14.6. The van der Waals surface area contributed by atoms with E-state index in [4.69, 9.17) is 18.8 Å². The van der Waals surface area contributed by atoms with Crippen LogP contribution >= 0.6 is 12.2 Å². The van der Waals surface area contributed by atoms with E-state index in [1.807, 2.05) is 0 Å². The number of nitrogens with zero attached hydrogens (tertiary/aromatic N) is 3. The summed E-state index contributed by atoms with van der Waals surface area (Å²) in [5.74, 6) is -1.29. The predicted octanol–water partition coefficient (Wildman–Crippen LogP) is 5.02. The van der Waals surface area contributed by atoms with Crippen LogP contribution in [0.5, 0.6) is 0 Å². The third kappa shape index (κ3) is 3.81. The van der Waals surface area contributed by atoms with Crippen LogP contribution in [0, 0.1) is 22.8 Å². The highest BCUT2D eigenvalue weighted by Gasteiger charge is 2.22. The maximum Gasteiger partial charge on any atom is 0.251 e. The Morgan fingerprint density at radius 2 is 1.94 bits per heavy atom. The minimum absolute atomic E-state index is 0.169. The standard InChI is InChI=1S/C22H15F2N5OS/c1-25-17-18-20(22(31)28-12-27-18)29(19(17)15-4-2-3-5-16(15)24)11-10-26-21(30)13-6-8-14(23)9-7-13/h2-9,12H,10-11H2,(H,26,30)(H,27,28,31). The topological polar surface area (TPSA) is 67.1 Å². The van der Waals surface area contributed by atoms with E-state index < -0.39 is 11.6 Å². The van der Waals surface area contributed by atoms with Gasteiger partial charge >= 0.3 is 0 Å². The van der Waals surface area contributed by atoms with Crippen LogP contribution in [0.3, 0.4) is 0 Å². The largest absolute Gasteiger partial charge is 0.354 e. The first kappa shape index (κ1) is 20.4. The quantitative estimate of drug-likeness (QED) is 0.342. The highest BCUT2D eigenvalue weighted by Crippen LogP contribution is 2.40. The van der Waals surface area contributed by atoms with Gasteiger partial charge in [0.1, 0.15) is 11.6 Å². The van der Waals surface area contributed by atoms with E-state index in [9.17, 15) is 13.6 Å². The van der Waals surface area contributed by atoms with Crippen molar-refractivity contribution >= 4 is 34.8 Å².